The zero-order chi connectivity index (χ0) is 19.5. The van der Waals surface area contributed by atoms with Crippen molar-refractivity contribution in [3.63, 3.8) is 0 Å². The third-order valence-electron chi connectivity index (χ3n) is 4.98. The number of nitrogens with one attached hydrogen (secondary N) is 2. The number of hydrogen-bond acceptors (Lipinski definition) is 3. The summed E-state index contributed by atoms with van der Waals surface area (Å²) in [7, 11) is 1.75. The summed E-state index contributed by atoms with van der Waals surface area (Å²) in [6, 6.07) is 17.3. The molecule has 0 spiro atoms. The van der Waals surface area contributed by atoms with Gasteiger partial charge >= 0.3 is 0 Å². The highest BCUT2D eigenvalue weighted by molar-refractivity contribution is 6.09. The standard InChI is InChI=1S/C22H22N4O2/c1-26(18-5-3-2-4-6-18)22(28)19-14-24-25-20(19)16-9-7-15(8-10-16)13-23-21(27)17-11-12-17/h2-10,14,17H,11-13H2,1H3,(H,23,27)(H,24,25). The fourth-order valence-electron chi connectivity index (χ4n) is 3.09. The molecule has 1 aliphatic carbocycles. The molecule has 3 aromatic rings. The second-order valence-corrected chi connectivity index (χ2v) is 7.05. The highest BCUT2D eigenvalue weighted by Crippen LogP contribution is 2.29. The number of aromatic amines is 1. The number of nitrogens with zero attached hydrogens (tertiary/aromatic N) is 2. The van der Waals surface area contributed by atoms with Gasteiger partial charge in [0.1, 0.15) is 0 Å². The smallest absolute Gasteiger partial charge is 0.261 e. The number of aromatic nitrogens is 2. The van der Waals surface area contributed by atoms with Crippen LogP contribution in [0.3, 0.4) is 0 Å². The van der Waals surface area contributed by atoms with Gasteiger partial charge in [-0.25, -0.2) is 0 Å². The molecule has 0 aliphatic heterocycles. The molecule has 1 aromatic heterocycles. The minimum Gasteiger partial charge on any atom is -0.352 e. The first-order chi connectivity index (χ1) is 13.6. The van der Waals surface area contributed by atoms with E-state index in [1.54, 1.807) is 18.1 Å². The minimum atomic E-state index is -0.129. The lowest BCUT2D eigenvalue weighted by atomic mass is 10.0. The first kappa shape index (κ1) is 18.0. The monoisotopic (exact) mass is 374 g/mol. The highest BCUT2D eigenvalue weighted by atomic mass is 16.2. The molecule has 2 N–H and O–H groups in total. The van der Waals surface area contributed by atoms with Crippen molar-refractivity contribution in [3.8, 4) is 11.3 Å². The molecule has 28 heavy (non-hydrogen) atoms. The van der Waals surface area contributed by atoms with Crippen molar-refractivity contribution in [3.05, 3.63) is 71.9 Å². The Morgan fingerprint density at radius 1 is 1.11 bits per heavy atom. The van der Waals surface area contributed by atoms with Gasteiger partial charge in [0.2, 0.25) is 5.91 Å². The lowest BCUT2D eigenvalue weighted by molar-refractivity contribution is -0.122. The molecule has 1 saturated carbocycles. The Morgan fingerprint density at radius 2 is 1.82 bits per heavy atom. The Morgan fingerprint density at radius 3 is 2.50 bits per heavy atom. The Labute approximate surface area is 163 Å². The summed E-state index contributed by atoms with van der Waals surface area (Å²) < 4.78 is 0. The minimum absolute atomic E-state index is 0.129. The van der Waals surface area contributed by atoms with Gasteiger partial charge in [0.25, 0.3) is 5.91 Å². The van der Waals surface area contributed by atoms with Crippen LogP contribution in [-0.2, 0) is 11.3 Å². The average Bonchev–Trinajstić information content (AvgIpc) is 3.49. The Kier molecular flexibility index (Phi) is 4.93. The number of anilines is 1. The van der Waals surface area contributed by atoms with Crippen molar-refractivity contribution in [2.45, 2.75) is 19.4 Å². The summed E-state index contributed by atoms with van der Waals surface area (Å²) in [5.74, 6) is 0.213. The molecule has 2 aromatic carbocycles. The number of H-pyrrole nitrogens is 1. The van der Waals surface area contributed by atoms with Crippen molar-refractivity contribution >= 4 is 17.5 Å². The van der Waals surface area contributed by atoms with E-state index >= 15 is 0 Å². The van der Waals surface area contributed by atoms with E-state index in [1.165, 1.54) is 0 Å². The fraction of sp³-hybridized carbons (Fsp3) is 0.227. The molecule has 0 radical (unpaired) electrons. The van der Waals surface area contributed by atoms with E-state index in [9.17, 15) is 9.59 Å². The van der Waals surface area contributed by atoms with Crippen LogP contribution in [0.15, 0.2) is 60.8 Å². The SMILES string of the molecule is CN(C(=O)c1cn[nH]c1-c1ccc(CNC(=O)C2CC2)cc1)c1ccccc1. The molecule has 6 nitrogen and oxygen atoms in total. The average molecular weight is 374 g/mol. The first-order valence-electron chi connectivity index (χ1n) is 9.37. The summed E-state index contributed by atoms with van der Waals surface area (Å²) in [5, 5.41) is 9.97. The number of carbonyl (C=O) groups is 2. The summed E-state index contributed by atoms with van der Waals surface area (Å²) in [4.78, 5) is 26.3. The number of benzene rings is 2. The lowest BCUT2D eigenvalue weighted by Gasteiger charge is -2.17. The number of carbonyl (C=O) groups excluding carboxylic acids is 2. The van der Waals surface area contributed by atoms with E-state index < -0.39 is 0 Å². The zero-order valence-electron chi connectivity index (χ0n) is 15.7. The molecule has 0 unspecified atom stereocenters. The number of rotatable bonds is 6. The van der Waals surface area contributed by atoms with Gasteiger partial charge in [-0.05, 0) is 30.5 Å². The molecule has 1 heterocycles. The molecule has 0 bridgehead atoms. The maximum Gasteiger partial charge on any atom is 0.261 e. The third-order valence-corrected chi connectivity index (χ3v) is 4.98. The molecule has 4 rings (SSSR count). The van der Waals surface area contributed by atoms with Crippen molar-refractivity contribution in [1.82, 2.24) is 15.5 Å². The topological polar surface area (TPSA) is 78.1 Å². The summed E-state index contributed by atoms with van der Waals surface area (Å²) in [6.45, 7) is 0.515. The highest BCUT2D eigenvalue weighted by Gasteiger charge is 2.29. The van der Waals surface area contributed by atoms with Gasteiger partial charge in [0.15, 0.2) is 0 Å². The summed E-state index contributed by atoms with van der Waals surface area (Å²) in [5.41, 5.74) is 3.91. The van der Waals surface area contributed by atoms with Gasteiger partial charge in [-0.1, -0.05) is 42.5 Å². The summed E-state index contributed by atoms with van der Waals surface area (Å²) >= 11 is 0. The van der Waals surface area contributed by atoms with Crippen LogP contribution in [-0.4, -0.2) is 29.1 Å². The van der Waals surface area contributed by atoms with Gasteiger partial charge in [0, 0.05) is 30.8 Å². The summed E-state index contributed by atoms with van der Waals surface area (Å²) in [6.07, 6.45) is 3.55. The number of amides is 2. The van der Waals surface area contributed by atoms with E-state index in [4.69, 9.17) is 0 Å². The van der Waals surface area contributed by atoms with Gasteiger partial charge in [-0.15, -0.1) is 0 Å². The third kappa shape index (κ3) is 3.81. The maximum atomic E-state index is 12.9. The van der Waals surface area contributed by atoms with Crippen LogP contribution in [0.25, 0.3) is 11.3 Å². The Bertz CT molecular complexity index is 975. The van der Waals surface area contributed by atoms with Crippen LogP contribution < -0.4 is 10.2 Å². The second-order valence-electron chi connectivity index (χ2n) is 7.05. The van der Waals surface area contributed by atoms with Crippen LogP contribution in [0.5, 0.6) is 0 Å². The quantitative estimate of drug-likeness (QED) is 0.694. The maximum absolute atomic E-state index is 12.9. The largest absolute Gasteiger partial charge is 0.352 e. The predicted molar refractivity (Wildman–Crippen MR) is 108 cm³/mol. The van der Waals surface area contributed by atoms with Gasteiger partial charge in [0.05, 0.1) is 17.5 Å². The zero-order valence-corrected chi connectivity index (χ0v) is 15.7. The molecule has 1 aliphatic rings. The van der Waals surface area contributed by atoms with E-state index in [1.807, 2.05) is 54.6 Å². The second kappa shape index (κ2) is 7.68. The molecule has 0 atom stereocenters. The molecule has 6 heteroatoms. The molecule has 1 fully saturated rings. The van der Waals surface area contributed by atoms with E-state index in [-0.39, 0.29) is 17.7 Å². The number of para-hydroxylation sites is 1. The normalized spacial score (nSPS) is 13.2. The van der Waals surface area contributed by atoms with Gasteiger partial charge in [-0.2, -0.15) is 5.10 Å². The molecular formula is C22H22N4O2. The fourth-order valence-corrected chi connectivity index (χ4v) is 3.09. The molecule has 2 amide bonds. The van der Waals surface area contributed by atoms with Crippen LogP contribution in [0, 0.1) is 5.92 Å². The molecule has 142 valence electrons. The van der Waals surface area contributed by atoms with Crippen molar-refractivity contribution in [1.29, 1.82) is 0 Å². The van der Waals surface area contributed by atoms with Crippen LogP contribution in [0.4, 0.5) is 5.69 Å². The number of hydrogen-bond donors (Lipinski definition) is 2. The lowest BCUT2D eigenvalue weighted by Crippen LogP contribution is -2.26. The Balaban J connectivity index is 1.48. The van der Waals surface area contributed by atoms with Crippen molar-refractivity contribution in [2.24, 2.45) is 5.92 Å². The Hall–Kier alpha value is -3.41. The van der Waals surface area contributed by atoms with Gasteiger partial charge < -0.3 is 10.2 Å². The first-order valence-corrected chi connectivity index (χ1v) is 9.37. The van der Waals surface area contributed by atoms with Crippen LogP contribution >= 0.6 is 0 Å². The van der Waals surface area contributed by atoms with E-state index in [0.29, 0.717) is 17.8 Å². The molecular weight excluding hydrogens is 352 g/mol. The van der Waals surface area contributed by atoms with E-state index in [2.05, 4.69) is 15.5 Å². The molecule has 0 saturated heterocycles. The van der Waals surface area contributed by atoms with Crippen LogP contribution in [0.1, 0.15) is 28.8 Å². The van der Waals surface area contributed by atoms with Gasteiger partial charge in [-0.3, -0.25) is 14.7 Å². The van der Waals surface area contributed by atoms with E-state index in [0.717, 1.165) is 29.7 Å². The predicted octanol–water partition coefficient (Wildman–Crippen LogP) is 3.38. The van der Waals surface area contributed by atoms with Crippen molar-refractivity contribution in [2.75, 3.05) is 11.9 Å². The van der Waals surface area contributed by atoms with Crippen LogP contribution in [0.2, 0.25) is 0 Å². The van der Waals surface area contributed by atoms with Crippen molar-refractivity contribution < 1.29 is 9.59 Å².